The van der Waals surface area contributed by atoms with Crippen molar-refractivity contribution in [3.8, 4) is 11.6 Å². The van der Waals surface area contributed by atoms with Crippen LogP contribution in [0.4, 0.5) is 0 Å². The van der Waals surface area contributed by atoms with Gasteiger partial charge < -0.3 is 15.7 Å². The first-order valence-electron chi connectivity index (χ1n) is 6.38. The van der Waals surface area contributed by atoms with E-state index in [-0.39, 0.29) is 5.84 Å². The van der Waals surface area contributed by atoms with Crippen molar-refractivity contribution < 1.29 is 9.94 Å². The summed E-state index contributed by atoms with van der Waals surface area (Å²) in [4.78, 5) is 4.43. The van der Waals surface area contributed by atoms with Gasteiger partial charge in [-0.25, -0.2) is 4.98 Å². The zero-order valence-electron chi connectivity index (χ0n) is 11.1. The highest BCUT2D eigenvalue weighted by Gasteiger charge is 2.10. The van der Waals surface area contributed by atoms with E-state index >= 15 is 0 Å². The highest BCUT2D eigenvalue weighted by molar-refractivity contribution is 6.08. The van der Waals surface area contributed by atoms with Gasteiger partial charge in [-0.05, 0) is 18.2 Å². The van der Waals surface area contributed by atoms with Crippen LogP contribution in [-0.2, 0) is 0 Å². The number of para-hydroxylation sites is 2. The minimum Gasteiger partial charge on any atom is -0.439 e. The highest BCUT2D eigenvalue weighted by Crippen LogP contribution is 2.25. The Bertz CT molecular complexity index is 801. The van der Waals surface area contributed by atoms with Crippen molar-refractivity contribution in [3.63, 3.8) is 0 Å². The molecule has 0 aliphatic rings. The molecule has 3 N–H and O–H groups in total. The van der Waals surface area contributed by atoms with Gasteiger partial charge in [0.05, 0.1) is 5.52 Å². The van der Waals surface area contributed by atoms with Gasteiger partial charge in [0.15, 0.2) is 5.84 Å². The number of ether oxygens (including phenoxy) is 1. The van der Waals surface area contributed by atoms with Crippen LogP contribution < -0.4 is 10.5 Å². The second-order valence-electron chi connectivity index (χ2n) is 4.43. The lowest BCUT2D eigenvalue weighted by molar-refractivity contribution is 0.318. The molecule has 0 saturated carbocycles. The number of nitrogens with two attached hydrogens (primary N) is 1. The van der Waals surface area contributed by atoms with E-state index in [0.717, 1.165) is 5.39 Å². The van der Waals surface area contributed by atoms with Gasteiger partial charge >= 0.3 is 0 Å². The lowest BCUT2D eigenvalue weighted by Crippen LogP contribution is -2.14. The number of pyridine rings is 1. The largest absolute Gasteiger partial charge is 0.439 e. The molecule has 0 aliphatic heterocycles. The molecule has 3 aromatic rings. The molecule has 0 amide bonds. The molecule has 5 nitrogen and oxygen atoms in total. The molecule has 1 heterocycles. The summed E-state index contributed by atoms with van der Waals surface area (Å²) in [7, 11) is 0. The Balaban J connectivity index is 2.12. The maximum Gasteiger partial charge on any atom is 0.220 e. The predicted octanol–water partition coefficient (Wildman–Crippen LogP) is 3.12. The van der Waals surface area contributed by atoms with Crippen LogP contribution in [0.25, 0.3) is 10.9 Å². The maximum atomic E-state index is 8.93. The van der Waals surface area contributed by atoms with Crippen LogP contribution in [0, 0.1) is 0 Å². The minimum atomic E-state index is 0.0199. The second-order valence-corrected chi connectivity index (χ2v) is 4.43. The summed E-state index contributed by atoms with van der Waals surface area (Å²) in [6, 6.07) is 18.4. The van der Waals surface area contributed by atoms with Gasteiger partial charge in [0.2, 0.25) is 5.88 Å². The van der Waals surface area contributed by atoms with E-state index in [0.29, 0.717) is 22.7 Å². The Hall–Kier alpha value is -3.08. The molecule has 0 radical (unpaired) electrons. The third-order valence-electron chi connectivity index (χ3n) is 3.04. The number of nitrogens with zero attached hydrogens (tertiary/aromatic N) is 2. The van der Waals surface area contributed by atoms with E-state index in [4.69, 9.17) is 15.7 Å². The van der Waals surface area contributed by atoms with Gasteiger partial charge in [0.1, 0.15) is 5.75 Å². The summed E-state index contributed by atoms with van der Waals surface area (Å²) in [5.41, 5.74) is 7.03. The van der Waals surface area contributed by atoms with Crippen molar-refractivity contribution >= 4 is 16.7 Å². The minimum absolute atomic E-state index is 0.0199. The number of aromatic nitrogens is 1. The summed E-state index contributed by atoms with van der Waals surface area (Å²) < 4.78 is 5.72. The number of amidine groups is 1. The third-order valence-corrected chi connectivity index (χ3v) is 3.04. The zero-order chi connectivity index (χ0) is 14.7. The monoisotopic (exact) mass is 279 g/mol. The predicted molar refractivity (Wildman–Crippen MR) is 80.8 cm³/mol. The first-order valence-corrected chi connectivity index (χ1v) is 6.38. The maximum absolute atomic E-state index is 8.93. The van der Waals surface area contributed by atoms with Crippen molar-refractivity contribution in [1.29, 1.82) is 0 Å². The molecule has 0 atom stereocenters. The van der Waals surface area contributed by atoms with Crippen LogP contribution in [0.5, 0.6) is 11.6 Å². The Kier molecular flexibility index (Phi) is 3.39. The van der Waals surface area contributed by atoms with Gasteiger partial charge in [-0.15, -0.1) is 0 Å². The van der Waals surface area contributed by atoms with Crippen LogP contribution in [0.3, 0.4) is 0 Å². The molecular weight excluding hydrogens is 266 g/mol. The van der Waals surface area contributed by atoms with Crippen molar-refractivity contribution in [2.75, 3.05) is 0 Å². The molecule has 104 valence electrons. The molecule has 0 unspecified atom stereocenters. The Morgan fingerprint density at radius 3 is 2.52 bits per heavy atom. The van der Waals surface area contributed by atoms with Crippen LogP contribution in [0.2, 0.25) is 0 Å². The highest BCUT2D eigenvalue weighted by atomic mass is 16.5. The number of hydrogen-bond donors (Lipinski definition) is 2. The Morgan fingerprint density at radius 2 is 1.76 bits per heavy atom. The summed E-state index contributed by atoms with van der Waals surface area (Å²) in [6.45, 7) is 0. The first-order chi connectivity index (χ1) is 10.3. The van der Waals surface area contributed by atoms with Gasteiger partial charge in [-0.2, -0.15) is 0 Å². The second kappa shape index (κ2) is 5.50. The number of fused-ring (bicyclic) bond motifs is 1. The van der Waals surface area contributed by atoms with Gasteiger partial charge in [-0.1, -0.05) is 41.6 Å². The fraction of sp³-hybridized carbons (Fsp3) is 0. The third kappa shape index (κ3) is 2.62. The lowest BCUT2D eigenvalue weighted by atomic mass is 10.1. The number of rotatable bonds is 3. The van der Waals surface area contributed by atoms with Crippen LogP contribution >= 0.6 is 0 Å². The van der Waals surface area contributed by atoms with E-state index in [1.54, 1.807) is 6.07 Å². The molecule has 0 spiro atoms. The first kappa shape index (κ1) is 12.9. The standard InChI is InChI=1S/C16H13N3O2/c17-16(19-20)13-10-15(21-11-6-2-1-3-7-11)18-14-9-5-4-8-12(13)14/h1-10,20H,(H2,17,19). The smallest absolute Gasteiger partial charge is 0.220 e. The number of hydrogen-bond acceptors (Lipinski definition) is 4. The topological polar surface area (TPSA) is 80.7 Å². The number of oxime groups is 1. The van der Waals surface area contributed by atoms with E-state index in [1.807, 2.05) is 54.6 Å². The van der Waals surface area contributed by atoms with Gasteiger partial charge in [0, 0.05) is 17.0 Å². The van der Waals surface area contributed by atoms with Crippen molar-refractivity contribution in [3.05, 3.63) is 66.2 Å². The van der Waals surface area contributed by atoms with Crippen molar-refractivity contribution in [2.45, 2.75) is 0 Å². The fourth-order valence-corrected chi connectivity index (χ4v) is 2.08. The zero-order valence-corrected chi connectivity index (χ0v) is 11.1. The molecule has 21 heavy (non-hydrogen) atoms. The summed E-state index contributed by atoms with van der Waals surface area (Å²) >= 11 is 0. The normalized spacial score (nSPS) is 11.5. The average Bonchev–Trinajstić information content (AvgIpc) is 2.54. The SMILES string of the molecule is NC(=NO)c1cc(Oc2ccccc2)nc2ccccc12. The molecule has 1 aromatic heterocycles. The molecule has 2 aromatic carbocycles. The fourth-order valence-electron chi connectivity index (χ4n) is 2.08. The van der Waals surface area contributed by atoms with Crippen LogP contribution in [-0.4, -0.2) is 16.0 Å². The van der Waals surface area contributed by atoms with Gasteiger partial charge in [0.25, 0.3) is 0 Å². The molecular formula is C16H13N3O2. The average molecular weight is 279 g/mol. The summed E-state index contributed by atoms with van der Waals surface area (Å²) in [5.74, 6) is 1.08. The molecule has 3 rings (SSSR count). The molecule has 0 fully saturated rings. The van der Waals surface area contributed by atoms with E-state index in [1.165, 1.54) is 0 Å². The van der Waals surface area contributed by atoms with E-state index in [9.17, 15) is 0 Å². The lowest BCUT2D eigenvalue weighted by Gasteiger charge is -2.09. The summed E-state index contributed by atoms with van der Waals surface area (Å²) in [5, 5.41) is 12.8. The van der Waals surface area contributed by atoms with E-state index < -0.39 is 0 Å². The van der Waals surface area contributed by atoms with Gasteiger partial charge in [-0.3, -0.25) is 0 Å². The van der Waals surface area contributed by atoms with Crippen molar-refractivity contribution in [1.82, 2.24) is 4.98 Å². The molecule has 0 bridgehead atoms. The summed E-state index contributed by atoms with van der Waals surface area (Å²) in [6.07, 6.45) is 0. The van der Waals surface area contributed by atoms with Crippen LogP contribution in [0.15, 0.2) is 65.8 Å². The quantitative estimate of drug-likeness (QED) is 0.334. The number of benzene rings is 2. The Morgan fingerprint density at radius 1 is 1.05 bits per heavy atom. The molecule has 5 heteroatoms. The Labute approximate surface area is 121 Å². The molecule has 0 saturated heterocycles. The van der Waals surface area contributed by atoms with Crippen LogP contribution in [0.1, 0.15) is 5.56 Å². The molecule has 0 aliphatic carbocycles. The van der Waals surface area contributed by atoms with Crippen molar-refractivity contribution in [2.24, 2.45) is 10.9 Å². The van der Waals surface area contributed by atoms with E-state index in [2.05, 4.69) is 10.1 Å².